The Morgan fingerprint density at radius 1 is 1.26 bits per heavy atom. The number of aromatic nitrogens is 2. The predicted molar refractivity (Wildman–Crippen MR) is 106 cm³/mol. The first-order valence-corrected chi connectivity index (χ1v) is 10.0. The van der Waals surface area contributed by atoms with E-state index >= 15 is 0 Å². The molecule has 1 amide bonds. The fourth-order valence-corrected chi connectivity index (χ4v) is 3.43. The number of nitrogens with zero attached hydrogens (tertiary/aromatic N) is 3. The SMILES string of the molecule is CC1(C)OB(c2cnc(N3CCCCC3CNC(=O)CCl)nc2)OC1(C)C. The van der Waals surface area contributed by atoms with Crippen LogP contribution in [0.15, 0.2) is 12.4 Å². The number of rotatable bonds is 5. The van der Waals surface area contributed by atoms with Gasteiger partial charge in [0.2, 0.25) is 11.9 Å². The molecule has 0 saturated carbocycles. The van der Waals surface area contributed by atoms with E-state index in [1.54, 1.807) is 12.4 Å². The first-order valence-electron chi connectivity index (χ1n) is 9.50. The highest BCUT2D eigenvalue weighted by atomic mass is 35.5. The average Bonchev–Trinajstić information content (AvgIpc) is 2.87. The van der Waals surface area contributed by atoms with E-state index in [0.29, 0.717) is 12.5 Å². The van der Waals surface area contributed by atoms with Gasteiger partial charge < -0.3 is 19.5 Å². The second-order valence-corrected chi connectivity index (χ2v) is 8.45. The van der Waals surface area contributed by atoms with E-state index in [-0.39, 0.29) is 17.8 Å². The summed E-state index contributed by atoms with van der Waals surface area (Å²) in [4.78, 5) is 22.7. The lowest BCUT2D eigenvalue weighted by atomic mass is 9.81. The van der Waals surface area contributed by atoms with Crippen molar-refractivity contribution >= 4 is 36.0 Å². The molecule has 0 bridgehead atoms. The highest BCUT2D eigenvalue weighted by Gasteiger charge is 2.52. The normalized spacial score (nSPS) is 24.1. The van der Waals surface area contributed by atoms with Gasteiger partial charge in [-0.05, 0) is 47.0 Å². The lowest BCUT2D eigenvalue weighted by molar-refractivity contribution is -0.118. The summed E-state index contributed by atoms with van der Waals surface area (Å²) in [7, 11) is -0.468. The van der Waals surface area contributed by atoms with Crippen molar-refractivity contribution in [1.29, 1.82) is 0 Å². The minimum atomic E-state index is -0.468. The molecule has 3 heterocycles. The van der Waals surface area contributed by atoms with Crippen LogP contribution < -0.4 is 15.7 Å². The Bertz CT molecular complexity index is 655. The molecule has 1 aromatic heterocycles. The molecule has 0 aromatic carbocycles. The van der Waals surface area contributed by atoms with Crippen molar-refractivity contribution in [2.75, 3.05) is 23.9 Å². The fourth-order valence-electron chi connectivity index (χ4n) is 3.34. The Morgan fingerprint density at radius 2 is 1.89 bits per heavy atom. The van der Waals surface area contributed by atoms with Crippen LogP contribution in [-0.2, 0) is 14.1 Å². The van der Waals surface area contributed by atoms with E-state index in [4.69, 9.17) is 20.9 Å². The van der Waals surface area contributed by atoms with E-state index in [2.05, 4.69) is 20.2 Å². The van der Waals surface area contributed by atoms with Gasteiger partial charge in [0.05, 0.1) is 11.2 Å². The quantitative estimate of drug-likeness (QED) is 0.602. The van der Waals surface area contributed by atoms with E-state index in [1.807, 2.05) is 27.7 Å². The Kier molecular flexibility index (Phi) is 5.98. The van der Waals surface area contributed by atoms with Gasteiger partial charge in [-0.2, -0.15) is 0 Å². The maximum atomic E-state index is 11.5. The molecule has 27 heavy (non-hydrogen) atoms. The van der Waals surface area contributed by atoms with E-state index in [9.17, 15) is 4.79 Å². The molecule has 2 aliphatic heterocycles. The van der Waals surface area contributed by atoms with Crippen LogP contribution in [0.3, 0.4) is 0 Å². The monoisotopic (exact) mass is 394 g/mol. The topological polar surface area (TPSA) is 76.6 Å². The molecule has 1 N–H and O–H groups in total. The number of hydrogen-bond acceptors (Lipinski definition) is 6. The van der Waals surface area contributed by atoms with Crippen LogP contribution in [0.1, 0.15) is 47.0 Å². The number of carbonyl (C=O) groups is 1. The second-order valence-electron chi connectivity index (χ2n) is 8.19. The second kappa shape index (κ2) is 7.93. The van der Waals surface area contributed by atoms with Crippen molar-refractivity contribution in [1.82, 2.24) is 15.3 Å². The molecular formula is C18H28BClN4O3. The zero-order chi connectivity index (χ0) is 19.7. The number of anilines is 1. The van der Waals surface area contributed by atoms with Crippen LogP contribution in [-0.4, -0.2) is 59.2 Å². The first-order chi connectivity index (χ1) is 12.7. The van der Waals surface area contributed by atoms with Crippen LogP contribution in [0.2, 0.25) is 0 Å². The molecule has 1 unspecified atom stereocenters. The summed E-state index contributed by atoms with van der Waals surface area (Å²) < 4.78 is 12.1. The van der Waals surface area contributed by atoms with Crippen LogP contribution in [0, 0.1) is 0 Å². The van der Waals surface area contributed by atoms with Gasteiger partial charge in [0.1, 0.15) is 5.88 Å². The molecule has 2 saturated heterocycles. The molecule has 2 aliphatic rings. The minimum Gasteiger partial charge on any atom is -0.399 e. The van der Waals surface area contributed by atoms with Crippen molar-refractivity contribution in [3.8, 4) is 0 Å². The lowest BCUT2D eigenvalue weighted by Gasteiger charge is -2.35. The summed E-state index contributed by atoms with van der Waals surface area (Å²) in [6, 6.07) is 0.175. The van der Waals surface area contributed by atoms with Gasteiger partial charge in [-0.25, -0.2) is 9.97 Å². The van der Waals surface area contributed by atoms with Gasteiger partial charge in [-0.1, -0.05) is 0 Å². The number of nitrogens with one attached hydrogen (secondary N) is 1. The minimum absolute atomic E-state index is 0.0218. The van der Waals surface area contributed by atoms with E-state index < -0.39 is 18.3 Å². The molecule has 1 aromatic rings. The Hall–Kier alpha value is -1.38. The number of carbonyl (C=O) groups excluding carboxylic acids is 1. The van der Waals surface area contributed by atoms with Crippen molar-refractivity contribution in [3.63, 3.8) is 0 Å². The lowest BCUT2D eigenvalue weighted by Crippen LogP contribution is -2.48. The summed E-state index contributed by atoms with van der Waals surface area (Å²) >= 11 is 5.57. The van der Waals surface area contributed by atoms with Crippen molar-refractivity contribution < 1.29 is 14.1 Å². The number of alkyl halides is 1. The molecule has 0 aliphatic carbocycles. The van der Waals surface area contributed by atoms with Crippen LogP contribution >= 0.6 is 11.6 Å². The maximum absolute atomic E-state index is 11.5. The van der Waals surface area contributed by atoms with Gasteiger partial charge >= 0.3 is 7.12 Å². The molecule has 7 nitrogen and oxygen atoms in total. The van der Waals surface area contributed by atoms with Gasteiger partial charge in [0.25, 0.3) is 0 Å². The van der Waals surface area contributed by atoms with Gasteiger partial charge in [0.15, 0.2) is 0 Å². The highest BCUT2D eigenvalue weighted by molar-refractivity contribution is 6.61. The van der Waals surface area contributed by atoms with Crippen molar-refractivity contribution in [2.45, 2.75) is 64.2 Å². The third-order valence-electron chi connectivity index (χ3n) is 5.72. The van der Waals surface area contributed by atoms with Crippen LogP contribution in [0.25, 0.3) is 0 Å². The van der Waals surface area contributed by atoms with Gasteiger partial charge in [0, 0.05) is 37.0 Å². The van der Waals surface area contributed by atoms with Gasteiger partial charge in [-0.15, -0.1) is 11.6 Å². The summed E-state index contributed by atoms with van der Waals surface area (Å²) in [5, 5.41) is 2.87. The van der Waals surface area contributed by atoms with E-state index in [1.165, 1.54) is 0 Å². The molecule has 2 fully saturated rings. The summed E-state index contributed by atoms with van der Waals surface area (Å²) in [6.07, 6.45) is 6.75. The van der Waals surface area contributed by atoms with Gasteiger partial charge in [-0.3, -0.25) is 4.79 Å². The number of piperidine rings is 1. The molecule has 0 spiro atoms. The molecule has 9 heteroatoms. The first kappa shape index (κ1) is 20.4. The Labute approximate surface area is 166 Å². The summed E-state index contributed by atoms with van der Waals surface area (Å²) in [5.41, 5.74) is 0.0190. The average molecular weight is 395 g/mol. The maximum Gasteiger partial charge on any atom is 0.498 e. The standard InChI is InChI=1S/C18H28BClN4O3/c1-17(2)18(3,4)27-19(26-17)13-10-22-16(23-11-13)24-8-6-5-7-14(24)12-21-15(25)9-20/h10-11,14H,5-9,12H2,1-4H3,(H,21,25). The van der Waals surface area contributed by atoms with Crippen LogP contribution in [0.5, 0.6) is 0 Å². The Morgan fingerprint density at radius 3 is 2.48 bits per heavy atom. The third kappa shape index (κ3) is 4.38. The fraction of sp³-hybridized carbons (Fsp3) is 0.722. The Balaban J connectivity index is 1.69. The van der Waals surface area contributed by atoms with Crippen molar-refractivity contribution in [3.05, 3.63) is 12.4 Å². The molecule has 1 atom stereocenters. The summed E-state index contributed by atoms with van der Waals surface area (Å²) in [6.45, 7) is 9.52. The molecule has 148 valence electrons. The smallest absolute Gasteiger partial charge is 0.399 e. The van der Waals surface area contributed by atoms with Crippen molar-refractivity contribution in [2.24, 2.45) is 0 Å². The summed E-state index contributed by atoms with van der Waals surface area (Å²) in [5.74, 6) is 0.491. The number of amides is 1. The zero-order valence-electron chi connectivity index (χ0n) is 16.5. The predicted octanol–water partition coefficient (Wildman–Crippen LogP) is 1.49. The zero-order valence-corrected chi connectivity index (χ0v) is 17.3. The van der Waals surface area contributed by atoms with E-state index in [0.717, 1.165) is 31.3 Å². The molecular weight excluding hydrogens is 366 g/mol. The molecule has 3 rings (SSSR count). The third-order valence-corrected chi connectivity index (χ3v) is 5.97. The largest absolute Gasteiger partial charge is 0.498 e. The molecule has 0 radical (unpaired) electrons. The van der Waals surface area contributed by atoms with Crippen LogP contribution in [0.4, 0.5) is 5.95 Å². The number of halogens is 1. The highest BCUT2D eigenvalue weighted by Crippen LogP contribution is 2.36. The number of hydrogen-bond donors (Lipinski definition) is 1.